The zero-order chi connectivity index (χ0) is 31.8. The predicted octanol–water partition coefficient (Wildman–Crippen LogP) is 9.82. The molecule has 0 bridgehead atoms. The lowest BCUT2D eigenvalue weighted by Crippen LogP contribution is -2.59. The topological polar surface area (TPSA) is 49.8 Å². The molecule has 1 N–H and O–H groups in total. The standard InChI is InChI=1S/C39H53NO3S2/c1-5-12-26(2)32-19-20-33-31-18-17-27-23-30(41)21-22-38(27,3)34(31)24-35(39(32,33)4)43-36(42)25-45-37(44)40(28-13-8-6-9-14-28)29-15-10-7-11-16-29/h6-11,13-16,26-27,30-35,41H,5,12,17-25H2,1-4H3/t26-,27-,30-,31+,32-,33+,34+,35+,38+,39-/m1/s1. The number of hydrogen-bond acceptors (Lipinski definition) is 5. The van der Waals surface area contributed by atoms with Gasteiger partial charge in [0, 0.05) is 16.8 Å². The number of esters is 1. The first-order chi connectivity index (χ1) is 21.7. The lowest BCUT2D eigenvalue weighted by atomic mass is 9.43. The third kappa shape index (κ3) is 6.25. The number of thiocarbonyl (C=S) groups is 1. The number of carbonyl (C=O) groups excluding carboxylic acids is 1. The second-order valence-corrected chi connectivity index (χ2v) is 16.8. The molecule has 4 fully saturated rings. The summed E-state index contributed by atoms with van der Waals surface area (Å²) in [5.74, 6) is 3.72. The highest BCUT2D eigenvalue weighted by molar-refractivity contribution is 8.23. The molecule has 6 rings (SSSR count). The van der Waals surface area contributed by atoms with E-state index in [1.54, 1.807) is 0 Å². The molecular formula is C39H53NO3S2. The van der Waals surface area contributed by atoms with Crippen LogP contribution in [0.4, 0.5) is 11.4 Å². The van der Waals surface area contributed by atoms with E-state index in [4.69, 9.17) is 17.0 Å². The number of rotatable bonds is 8. The first-order valence-corrected chi connectivity index (χ1v) is 19.0. The van der Waals surface area contributed by atoms with Gasteiger partial charge < -0.3 is 9.84 Å². The van der Waals surface area contributed by atoms with E-state index >= 15 is 0 Å². The summed E-state index contributed by atoms with van der Waals surface area (Å²) >= 11 is 7.37. The largest absolute Gasteiger partial charge is 0.461 e. The molecule has 244 valence electrons. The molecule has 0 radical (unpaired) electrons. The molecule has 0 saturated heterocycles. The summed E-state index contributed by atoms with van der Waals surface area (Å²) in [5, 5.41) is 10.6. The van der Waals surface area contributed by atoms with Gasteiger partial charge in [-0.3, -0.25) is 9.69 Å². The zero-order valence-corrected chi connectivity index (χ0v) is 29.3. The van der Waals surface area contributed by atoms with E-state index in [-0.39, 0.29) is 34.8 Å². The second kappa shape index (κ2) is 13.7. The molecule has 0 aliphatic heterocycles. The second-order valence-electron chi connectivity index (χ2n) is 15.2. The van der Waals surface area contributed by atoms with Crippen LogP contribution in [-0.4, -0.2) is 33.4 Å². The molecule has 4 nitrogen and oxygen atoms in total. The molecule has 0 aromatic heterocycles. The minimum absolute atomic E-state index is 0.00801. The summed E-state index contributed by atoms with van der Waals surface area (Å²) in [6, 6.07) is 20.3. The van der Waals surface area contributed by atoms with Crippen LogP contribution >= 0.6 is 24.0 Å². The SMILES string of the molecule is CCC[C@@H](C)[C@H]1CC[C@H]2[C@@H]3CC[C@@H]4C[C@H](O)CC[C@]4(C)[C@H]3C[C@H](OC(=O)CSC(=S)N(c3ccccc3)c3ccccc3)[C@]12C. The van der Waals surface area contributed by atoms with Gasteiger partial charge in [0.1, 0.15) is 10.4 Å². The normalized spacial score (nSPS) is 36.2. The van der Waals surface area contributed by atoms with E-state index < -0.39 is 0 Å². The molecule has 4 aliphatic rings. The first kappa shape index (κ1) is 33.0. The quantitative estimate of drug-likeness (QED) is 0.227. The fourth-order valence-corrected chi connectivity index (χ4v) is 11.9. The fourth-order valence-electron chi connectivity index (χ4n) is 10.9. The van der Waals surface area contributed by atoms with E-state index in [1.807, 2.05) is 36.4 Å². The van der Waals surface area contributed by atoms with Crippen molar-refractivity contribution in [1.29, 1.82) is 0 Å². The Balaban J connectivity index is 1.22. The number of thioether (sulfide) groups is 1. The van der Waals surface area contributed by atoms with Crippen LogP contribution in [0.5, 0.6) is 0 Å². The van der Waals surface area contributed by atoms with Crippen molar-refractivity contribution in [2.75, 3.05) is 10.7 Å². The highest BCUT2D eigenvalue weighted by Gasteiger charge is 2.65. The van der Waals surface area contributed by atoms with Gasteiger partial charge in [-0.25, -0.2) is 0 Å². The first-order valence-electron chi connectivity index (χ1n) is 17.6. The molecule has 4 saturated carbocycles. The third-order valence-electron chi connectivity index (χ3n) is 13.0. The van der Waals surface area contributed by atoms with Gasteiger partial charge in [-0.05, 0) is 117 Å². The molecule has 4 aliphatic carbocycles. The summed E-state index contributed by atoms with van der Waals surface area (Å²) in [6.07, 6.45) is 11.1. The number of para-hydroxylation sites is 2. The number of hydrogen-bond donors (Lipinski definition) is 1. The Hall–Kier alpha value is -1.89. The van der Waals surface area contributed by atoms with Gasteiger partial charge in [-0.15, -0.1) is 0 Å². The minimum atomic E-state index is -0.153. The van der Waals surface area contributed by atoms with E-state index in [1.165, 1.54) is 50.3 Å². The zero-order valence-electron chi connectivity index (χ0n) is 27.7. The number of fused-ring (bicyclic) bond motifs is 5. The summed E-state index contributed by atoms with van der Waals surface area (Å²) in [4.78, 5) is 15.9. The van der Waals surface area contributed by atoms with Crippen LogP contribution in [0, 0.1) is 46.3 Å². The number of aliphatic hydroxyl groups excluding tert-OH is 1. The third-order valence-corrected chi connectivity index (χ3v) is 14.4. The molecule has 6 heteroatoms. The lowest BCUT2D eigenvalue weighted by molar-refractivity contribution is -0.195. The maximum Gasteiger partial charge on any atom is 0.316 e. The van der Waals surface area contributed by atoms with E-state index in [0.29, 0.717) is 39.8 Å². The van der Waals surface area contributed by atoms with Gasteiger partial charge in [0.15, 0.2) is 0 Å². The summed E-state index contributed by atoms with van der Waals surface area (Å²) in [5.41, 5.74) is 2.21. The fraction of sp³-hybridized carbons (Fsp3) is 0.641. The average molecular weight is 648 g/mol. The molecule has 10 atom stereocenters. The highest BCUT2D eigenvalue weighted by atomic mass is 32.2. The Bertz CT molecular complexity index is 1280. The van der Waals surface area contributed by atoms with Gasteiger partial charge in [0.05, 0.1) is 11.9 Å². The molecule has 45 heavy (non-hydrogen) atoms. The Morgan fingerprint density at radius 3 is 2.29 bits per heavy atom. The van der Waals surface area contributed by atoms with E-state index in [9.17, 15) is 9.90 Å². The number of benzene rings is 2. The molecule has 2 aromatic carbocycles. The van der Waals surface area contributed by atoms with Crippen molar-refractivity contribution in [2.24, 2.45) is 46.3 Å². The maximum atomic E-state index is 13.9. The van der Waals surface area contributed by atoms with Crippen molar-refractivity contribution >= 4 is 45.6 Å². The molecule has 0 heterocycles. The van der Waals surface area contributed by atoms with Crippen LogP contribution in [0.2, 0.25) is 0 Å². The van der Waals surface area contributed by atoms with Crippen molar-refractivity contribution in [2.45, 2.75) is 104 Å². The summed E-state index contributed by atoms with van der Waals surface area (Å²) < 4.78 is 7.36. The lowest BCUT2D eigenvalue weighted by Gasteiger charge is -2.62. The number of carbonyl (C=O) groups is 1. The van der Waals surface area contributed by atoms with Gasteiger partial charge >= 0.3 is 5.97 Å². The number of anilines is 2. The molecule has 2 aromatic rings. The smallest absolute Gasteiger partial charge is 0.316 e. The van der Waals surface area contributed by atoms with Crippen LogP contribution in [0.3, 0.4) is 0 Å². The molecule has 0 amide bonds. The van der Waals surface area contributed by atoms with E-state index in [0.717, 1.165) is 37.1 Å². The molecule has 0 spiro atoms. The van der Waals surface area contributed by atoms with Crippen molar-refractivity contribution in [1.82, 2.24) is 0 Å². The van der Waals surface area contributed by atoms with Crippen LogP contribution in [-0.2, 0) is 9.53 Å². The number of ether oxygens (including phenoxy) is 1. The van der Waals surface area contributed by atoms with E-state index in [2.05, 4.69) is 56.9 Å². The molecular weight excluding hydrogens is 595 g/mol. The maximum absolute atomic E-state index is 13.9. The van der Waals surface area contributed by atoms with Crippen LogP contribution in [0.15, 0.2) is 60.7 Å². The Kier molecular flexibility index (Phi) is 10.0. The number of aliphatic hydroxyl groups is 1. The van der Waals surface area contributed by atoms with Gasteiger partial charge in [-0.2, -0.15) is 0 Å². The highest BCUT2D eigenvalue weighted by Crippen LogP contribution is 2.69. The average Bonchev–Trinajstić information content (AvgIpc) is 3.40. The minimum Gasteiger partial charge on any atom is -0.461 e. The monoisotopic (exact) mass is 647 g/mol. The van der Waals surface area contributed by atoms with Gasteiger partial charge in [0.2, 0.25) is 0 Å². The van der Waals surface area contributed by atoms with Crippen molar-refractivity contribution in [3.8, 4) is 0 Å². The van der Waals surface area contributed by atoms with Crippen molar-refractivity contribution in [3.05, 3.63) is 60.7 Å². The summed E-state index contributed by atoms with van der Waals surface area (Å²) in [7, 11) is 0. The molecule has 0 unspecified atom stereocenters. The van der Waals surface area contributed by atoms with Crippen LogP contribution in [0.1, 0.15) is 91.9 Å². The van der Waals surface area contributed by atoms with Crippen molar-refractivity contribution < 1.29 is 14.6 Å². The van der Waals surface area contributed by atoms with Gasteiger partial charge in [0.25, 0.3) is 0 Å². The predicted molar refractivity (Wildman–Crippen MR) is 191 cm³/mol. The van der Waals surface area contributed by atoms with Gasteiger partial charge in [-0.1, -0.05) is 101 Å². The number of nitrogens with zero attached hydrogens (tertiary/aromatic N) is 1. The Morgan fingerprint density at radius 2 is 1.64 bits per heavy atom. The Labute approximate surface area is 281 Å². The van der Waals surface area contributed by atoms with Crippen LogP contribution in [0.25, 0.3) is 0 Å². The summed E-state index contributed by atoms with van der Waals surface area (Å²) in [6.45, 7) is 9.76. The Morgan fingerprint density at radius 1 is 0.978 bits per heavy atom. The van der Waals surface area contributed by atoms with Crippen LogP contribution < -0.4 is 4.90 Å². The van der Waals surface area contributed by atoms with Crippen molar-refractivity contribution in [3.63, 3.8) is 0 Å².